The van der Waals surface area contributed by atoms with Gasteiger partial charge in [0.1, 0.15) is 0 Å². The predicted molar refractivity (Wildman–Crippen MR) is 63.9 cm³/mol. The minimum Gasteiger partial charge on any atom is -0.371 e. The second-order valence-electron chi connectivity index (χ2n) is 5.74. The van der Waals surface area contributed by atoms with Gasteiger partial charge in [0.2, 0.25) is 0 Å². The minimum atomic E-state index is 0.340. The van der Waals surface area contributed by atoms with Gasteiger partial charge in [0.15, 0.2) is 5.78 Å². The van der Waals surface area contributed by atoms with E-state index in [0.717, 1.165) is 37.3 Å². The molecule has 0 amide bonds. The molecule has 0 aromatic heterocycles. The van der Waals surface area contributed by atoms with Crippen molar-refractivity contribution in [2.75, 3.05) is 6.54 Å². The molecule has 3 unspecified atom stereocenters. The number of ketones is 1. The normalized spacial score (nSPS) is 38.8. The zero-order valence-corrected chi connectivity index (χ0v) is 10.1. The molecule has 0 aromatic carbocycles. The Morgan fingerprint density at radius 1 is 1.31 bits per heavy atom. The summed E-state index contributed by atoms with van der Waals surface area (Å²) in [5.41, 5.74) is 1.34. The van der Waals surface area contributed by atoms with Gasteiger partial charge in [-0.15, -0.1) is 0 Å². The van der Waals surface area contributed by atoms with Gasteiger partial charge in [-0.1, -0.05) is 19.8 Å². The first-order chi connectivity index (χ1) is 7.75. The maximum Gasteiger partial charge on any atom is 0.159 e. The van der Waals surface area contributed by atoms with E-state index in [4.69, 9.17) is 0 Å². The molecule has 2 fully saturated rings. The van der Waals surface area contributed by atoms with Crippen LogP contribution in [0.15, 0.2) is 11.8 Å². The summed E-state index contributed by atoms with van der Waals surface area (Å²) >= 11 is 0. The van der Waals surface area contributed by atoms with Crippen molar-refractivity contribution >= 4 is 5.78 Å². The third-order valence-corrected chi connectivity index (χ3v) is 4.74. The maximum atomic E-state index is 11.5. The highest BCUT2D eigenvalue weighted by Gasteiger charge is 2.40. The molecule has 0 radical (unpaired) electrons. The molecule has 3 atom stereocenters. The molecule has 1 saturated carbocycles. The SMILES string of the molecule is CC1CC2=CC(=O)CCN2C2CCCCC12. The number of hydrogen-bond donors (Lipinski definition) is 0. The summed E-state index contributed by atoms with van der Waals surface area (Å²) in [7, 11) is 0. The molecule has 1 aliphatic carbocycles. The molecule has 0 bridgehead atoms. The molecule has 2 heterocycles. The topological polar surface area (TPSA) is 20.3 Å². The fraction of sp³-hybridized carbons (Fsp3) is 0.786. The first-order valence-corrected chi connectivity index (χ1v) is 6.76. The van der Waals surface area contributed by atoms with E-state index in [9.17, 15) is 4.79 Å². The molecule has 16 heavy (non-hydrogen) atoms. The van der Waals surface area contributed by atoms with Crippen molar-refractivity contribution in [3.63, 3.8) is 0 Å². The maximum absolute atomic E-state index is 11.5. The van der Waals surface area contributed by atoms with E-state index in [2.05, 4.69) is 11.8 Å². The molecular weight excluding hydrogens is 198 g/mol. The van der Waals surface area contributed by atoms with Crippen LogP contribution in [-0.2, 0) is 4.79 Å². The van der Waals surface area contributed by atoms with Crippen LogP contribution >= 0.6 is 0 Å². The van der Waals surface area contributed by atoms with Gasteiger partial charge in [-0.3, -0.25) is 4.79 Å². The Balaban J connectivity index is 1.89. The number of fused-ring (bicyclic) bond motifs is 3. The number of carbonyl (C=O) groups is 1. The van der Waals surface area contributed by atoms with Crippen molar-refractivity contribution in [3.05, 3.63) is 11.8 Å². The van der Waals surface area contributed by atoms with Gasteiger partial charge in [-0.25, -0.2) is 0 Å². The van der Waals surface area contributed by atoms with E-state index in [-0.39, 0.29) is 0 Å². The van der Waals surface area contributed by atoms with Gasteiger partial charge in [-0.2, -0.15) is 0 Å². The van der Waals surface area contributed by atoms with E-state index in [1.54, 1.807) is 0 Å². The van der Waals surface area contributed by atoms with Crippen LogP contribution in [0.2, 0.25) is 0 Å². The largest absolute Gasteiger partial charge is 0.371 e. The zero-order valence-electron chi connectivity index (χ0n) is 10.1. The highest BCUT2D eigenvalue weighted by atomic mass is 16.1. The van der Waals surface area contributed by atoms with Crippen LogP contribution in [0.5, 0.6) is 0 Å². The monoisotopic (exact) mass is 219 g/mol. The lowest BCUT2D eigenvalue weighted by Crippen LogP contribution is -2.50. The Bertz CT molecular complexity index is 334. The summed E-state index contributed by atoms with van der Waals surface area (Å²) in [4.78, 5) is 14.0. The van der Waals surface area contributed by atoms with Gasteiger partial charge in [0.25, 0.3) is 0 Å². The third kappa shape index (κ3) is 1.59. The lowest BCUT2D eigenvalue weighted by Gasteiger charge is -2.50. The molecule has 88 valence electrons. The molecule has 1 saturated heterocycles. The van der Waals surface area contributed by atoms with Crippen LogP contribution in [0.3, 0.4) is 0 Å². The average molecular weight is 219 g/mol. The van der Waals surface area contributed by atoms with Crippen molar-refractivity contribution < 1.29 is 4.79 Å². The van der Waals surface area contributed by atoms with E-state index >= 15 is 0 Å². The Labute approximate surface area is 97.7 Å². The van der Waals surface area contributed by atoms with E-state index in [1.807, 2.05) is 6.08 Å². The quantitative estimate of drug-likeness (QED) is 0.624. The van der Waals surface area contributed by atoms with Crippen LogP contribution < -0.4 is 0 Å². The van der Waals surface area contributed by atoms with Crippen molar-refractivity contribution in [2.45, 2.75) is 51.5 Å². The Morgan fingerprint density at radius 2 is 2.12 bits per heavy atom. The van der Waals surface area contributed by atoms with Gasteiger partial charge in [0, 0.05) is 30.8 Å². The van der Waals surface area contributed by atoms with E-state index in [1.165, 1.54) is 31.4 Å². The zero-order chi connectivity index (χ0) is 11.1. The standard InChI is InChI=1S/C14H21NO/c1-10-8-11-9-12(16)6-7-15(11)14-5-3-2-4-13(10)14/h9-10,13-14H,2-8H2,1H3. The Kier molecular flexibility index (Phi) is 2.53. The number of rotatable bonds is 0. The second kappa shape index (κ2) is 3.90. The molecule has 0 aromatic rings. The first kappa shape index (κ1) is 10.4. The molecule has 2 nitrogen and oxygen atoms in total. The van der Waals surface area contributed by atoms with Crippen LogP contribution in [0, 0.1) is 11.8 Å². The van der Waals surface area contributed by atoms with Crippen LogP contribution in [-0.4, -0.2) is 23.3 Å². The van der Waals surface area contributed by atoms with Crippen LogP contribution in [0.1, 0.15) is 45.4 Å². The molecule has 0 spiro atoms. The fourth-order valence-corrected chi connectivity index (χ4v) is 3.94. The van der Waals surface area contributed by atoms with E-state index in [0.29, 0.717) is 5.78 Å². The summed E-state index contributed by atoms with van der Waals surface area (Å²) in [6.07, 6.45) is 9.34. The minimum absolute atomic E-state index is 0.340. The van der Waals surface area contributed by atoms with Crippen molar-refractivity contribution in [1.29, 1.82) is 0 Å². The molecule has 3 rings (SSSR count). The third-order valence-electron chi connectivity index (χ3n) is 4.74. The number of hydrogen-bond acceptors (Lipinski definition) is 2. The highest BCUT2D eigenvalue weighted by Crippen LogP contribution is 2.43. The lowest BCUT2D eigenvalue weighted by atomic mass is 9.71. The molecular formula is C14H21NO. The van der Waals surface area contributed by atoms with E-state index < -0.39 is 0 Å². The number of carbonyl (C=O) groups excluding carboxylic acids is 1. The molecule has 2 heteroatoms. The highest BCUT2D eigenvalue weighted by molar-refractivity contribution is 5.91. The van der Waals surface area contributed by atoms with Crippen LogP contribution in [0.25, 0.3) is 0 Å². The Hall–Kier alpha value is -0.790. The summed E-state index contributed by atoms with van der Waals surface area (Å²) in [5, 5.41) is 0. The van der Waals surface area contributed by atoms with Crippen LogP contribution in [0.4, 0.5) is 0 Å². The summed E-state index contributed by atoms with van der Waals surface area (Å²) in [6, 6.07) is 0.747. The Morgan fingerprint density at radius 3 is 3.00 bits per heavy atom. The van der Waals surface area contributed by atoms with Gasteiger partial charge in [-0.05, 0) is 31.1 Å². The van der Waals surface area contributed by atoms with Gasteiger partial charge >= 0.3 is 0 Å². The molecule has 2 aliphatic heterocycles. The number of piperidine rings is 1. The molecule has 3 aliphatic rings. The summed E-state index contributed by atoms with van der Waals surface area (Å²) < 4.78 is 0. The van der Waals surface area contributed by atoms with Crippen molar-refractivity contribution in [1.82, 2.24) is 4.90 Å². The molecule has 0 N–H and O–H groups in total. The van der Waals surface area contributed by atoms with Crippen molar-refractivity contribution in [3.8, 4) is 0 Å². The predicted octanol–water partition coefficient (Wildman–Crippen LogP) is 2.74. The number of nitrogens with zero attached hydrogens (tertiary/aromatic N) is 1. The first-order valence-electron chi connectivity index (χ1n) is 6.76. The fourth-order valence-electron chi connectivity index (χ4n) is 3.94. The lowest BCUT2D eigenvalue weighted by molar-refractivity contribution is -0.116. The summed E-state index contributed by atoms with van der Waals surface area (Å²) in [6.45, 7) is 3.36. The van der Waals surface area contributed by atoms with Gasteiger partial charge < -0.3 is 4.90 Å². The van der Waals surface area contributed by atoms with Crippen molar-refractivity contribution in [2.24, 2.45) is 11.8 Å². The van der Waals surface area contributed by atoms with Gasteiger partial charge in [0.05, 0.1) is 0 Å². The smallest absolute Gasteiger partial charge is 0.159 e. The average Bonchev–Trinajstić information content (AvgIpc) is 2.29. The summed E-state index contributed by atoms with van der Waals surface area (Å²) in [5.74, 6) is 2.01. The second-order valence-corrected chi connectivity index (χ2v) is 5.74. The number of allylic oxidation sites excluding steroid dienone is 2.